The van der Waals surface area contributed by atoms with Crippen LogP contribution in [0.1, 0.15) is 27.8 Å². The van der Waals surface area contributed by atoms with Gasteiger partial charge >= 0.3 is 0 Å². The first-order chi connectivity index (χ1) is 15.0. The number of carbonyl (C=O) groups excluding carboxylic acids is 1. The van der Waals surface area contributed by atoms with Gasteiger partial charge in [0.25, 0.3) is 0 Å². The zero-order valence-electron chi connectivity index (χ0n) is 19.8. The number of ether oxygens (including phenoxy) is 1. The highest BCUT2D eigenvalue weighted by Crippen LogP contribution is 2.29. The Balaban J connectivity index is 1.66. The average Bonchev–Trinajstić information content (AvgIpc) is 2.73. The van der Waals surface area contributed by atoms with Crippen molar-refractivity contribution in [2.75, 3.05) is 45.2 Å². The largest absolute Gasteiger partial charge is 0.495 e. The predicted octanol–water partition coefficient (Wildman–Crippen LogP) is 3.18. The smallest absolute Gasteiger partial charge is 0.243 e. The summed E-state index contributed by atoms with van der Waals surface area (Å²) in [4.78, 5) is 15.0. The summed E-state index contributed by atoms with van der Waals surface area (Å²) in [5, 5.41) is 2.91. The Hall–Kier alpha value is -2.42. The molecule has 1 saturated heterocycles. The van der Waals surface area contributed by atoms with Crippen LogP contribution in [0, 0.1) is 34.6 Å². The Bertz CT molecular complexity index is 1090. The first kappa shape index (κ1) is 24.2. The Morgan fingerprint density at radius 3 is 2.12 bits per heavy atom. The van der Waals surface area contributed by atoms with Crippen molar-refractivity contribution in [3.63, 3.8) is 0 Å². The van der Waals surface area contributed by atoms with Crippen LogP contribution >= 0.6 is 0 Å². The maximum Gasteiger partial charge on any atom is 0.243 e. The van der Waals surface area contributed by atoms with E-state index in [2.05, 4.69) is 5.32 Å². The van der Waals surface area contributed by atoms with Gasteiger partial charge in [0.15, 0.2) is 0 Å². The molecule has 0 saturated carbocycles. The molecule has 1 heterocycles. The number of nitrogens with one attached hydrogen (secondary N) is 1. The Kier molecular flexibility index (Phi) is 7.27. The average molecular weight is 460 g/mol. The van der Waals surface area contributed by atoms with Crippen molar-refractivity contribution in [1.82, 2.24) is 9.21 Å². The molecule has 8 heteroatoms. The van der Waals surface area contributed by atoms with Crippen LogP contribution < -0.4 is 10.1 Å². The van der Waals surface area contributed by atoms with Crippen LogP contribution in [-0.4, -0.2) is 63.4 Å². The Morgan fingerprint density at radius 1 is 0.969 bits per heavy atom. The van der Waals surface area contributed by atoms with E-state index in [0.717, 1.165) is 27.8 Å². The summed E-state index contributed by atoms with van der Waals surface area (Å²) in [5.41, 5.74) is 5.24. The van der Waals surface area contributed by atoms with Crippen molar-refractivity contribution in [1.29, 1.82) is 0 Å². The monoisotopic (exact) mass is 459 g/mol. The van der Waals surface area contributed by atoms with E-state index < -0.39 is 10.0 Å². The molecule has 0 aromatic heterocycles. The van der Waals surface area contributed by atoms with Crippen LogP contribution in [0.15, 0.2) is 29.2 Å². The lowest BCUT2D eigenvalue weighted by Crippen LogP contribution is -2.50. The van der Waals surface area contributed by atoms with Gasteiger partial charge in [-0.3, -0.25) is 9.69 Å². The second kappa shape index (κ2) is 9.60. The van der Waals surface area contributed by atoms with Crippen LogP contribution in [0.3, 0.4) is 0 Å². The molecule has 1 aliphatic heterocycles. The number of piperazine rings is 1. The van der Waals surface area contributed by atoms with Crippen molar-refractivity contribution >= 4 is 21.6 Å². The highest BCUT2D eigenvalue weighted by molar-refractivity contribution is 7.89. The number of anilines is 1. The quantitative estimate of drug-likeness (QED) is 0.718. The lowest BCUT2D eigenvalue weighted by molar-refractivity contribution is -0.117. The van der Waals surface area contributed by atoms with Crippen LogP contribution in [-0.2, 0) is 14.8 Å². The van der Waals surface area contributed by atoms with Crippen LogP contribution in [0.25, 0.3) is 0 Å². The molecular formula is C24H33N3O4S. The molecule has 2 aromatic carbocycles. The fourth-order valence-electron chi connectivity index (χ4n) is 4.14. The van der Waals surface area contributed by atoms with Crippen LogP contribution in [0.4, 0.5) is 5.69 Å². The summed E-state index contributed by atoms with van der Waals surface area (Å²) in [5.74, 6) is 0.463. The van der Waals surface area contributed by atoms with Crippen molar-refractivity contribution < 1.29 is 17.9 Å². The molecule has 0 atom stereocenters. The zero-order chi connectivity index (χ0) is 23.6. The molecule has 2 aromatic rings. The topological polar surface area (TPSA) is 79.0 Å². The molecule has 0 spiro atoms. The minimum absolute atomic E-state index is 0.147. The molecule has 0 aliphatic carbocycles. The van der Waals surface area contributed by atoms with Gasteiger partial charge in [-0.2, -0.15) is 4.31 Å². The van der Waals surface area contributed by atoms with Crippen molar-refractivity contribution in [2.24, 2.45) is 0 Å². The number of hydrogen-bond donors (Lipinski definition) is 1. The fraction of sp³-hybridized carbons (Fsp3) is 0.458. The third-order valence-corrected chi connectivity index (χ3v) is 8.40. The summed E-state index contributed by atoms with van der Waals surface area (Å²) in [6, 6.07) is 7.65. The number of aryl methyl sites for hydroxylation is 3. The third-order valence-electron chi connectivity index (χ3n) is 6.22. The fourth-order valence-corrected chi connectivity index (χ4v) is 6.14. The number of rotatable bonds is 6. The molecule has 1 amide bonds. The number of nitrogens with zero attached hydrogens (tertiary/aromatic N) is 2. The minimum Gasteiger partial charge on any atom is -0.495 e. The lowest BCUT2D eigenvalue weighted by Gasteiger charge is -2.34. The summed E-state index contributed by atoms with van der Waals surface area (Å²) in [6.07, 6.45) is 0. The molecule has 1 N–H and O–H groups in total. The molecule has 1 aliphatic rings. The van der Waals surface area contributed by atoms with E-state index in [1.54, 1.807) is 11.4 Å². The SMILES string of the molecule is COc1ccc(C)cc1NC(=O)CN1CCN(S(=O)(=O)c2c(C)c(C)cc(C)c2C)CC1. The summed E-state index contributed by atoms with van der Waals surface area (Å²) in [6.45, 7) is 11.5. The number of benzene rings is 2. The standard InChI is InChI=1S/C24H33N3O4S/c1-16-7-8-22(31-6)21(13-16)25-23(28)15-26-9-11-27(12-10-26)32(29,30)24-19(4)17(2)14-18(3)20(24)5/h7-8,13-14H,9-12,15H2,1-6H3,(H,25,28). The zero-order valence-corrected chi connectivity index (χ0v) is 20.6. The van der Waals surface area contributed by atoms with Crippen LogP contribution in [0.5, 0.6) is 5.75 Å². The van der Waals surface area contributed by atoms with E-state index in [0.29, 0.717) is 42.5 Å². The van der Waals surface area contributed by atoms with Gasteiger partial charge in [-0.05, 0) is 74.6 Å². The summed E-state index contributed by atoms with van der Waals surface area (Å²) < 4.78 is 33.7. The molecule has 1 fully saturated rings. The molecule has 0 radical (unpaired) electrons. The molecule has 32 heavy (non-hydrogen) atoms. The van der Waals surface area contributed by atoms with Gasteiger partial charge in [-0.1, -0.05) is 12.1 Å². The van der Waals surface area contributed by atoms with E-state index in [4.69, 9.17) is 4.74 Å². The number of methoxy groups -OCH3 is 1. The Morgan fingerprint density at radius 2 is 1.56 bits per heavy atom. The van der Waals surface area contributed by atoms with Gasteiger partial charge in [-0.15, -0.1) is 0 Å². The van der Waals surface area contributed by atoms with Crippen molar-refractivity contribution in [3.8, 4) is 5.75 Å². The lowest BCUT2D eigenvalue weighted by atomic mass is 10.0. The molecule has 3 rings (SSSR count). The molecular weight excluding hydrogens is 426 g/mol. The number of hydrogen-bond acceptors (Lipinski definition) is 5. The number of amides is 1. The molecule has 0 bridgehead atoms. The van der Waals surface area contributed by atoms with E-state index in [1.807, 2.05) is 63.8 Å². The van der Waals surface area contributed by atoms with E-state index in [9.17, 15) is 13.2 Å². The first-order valence-electron chi connectivity index (χ1n) is 10.8. The van der Waals surface area contributed by atoms with Gasteiger partial charge in [-0.25, -0.2) is 8.42 Å². The van der Waals surface area contributed by atoms with Crippen molar-refractivity contribution in [2.45, 2.75) is 39.5 Å². The van der Waals surface area contributed by atoms with Gasteiger partial charge in [0.1, 0.15) is 5.75 Å². The highest BCUT2D eigenvalue weighted by atomic mass is 32.2. The second-order valence-electron chi connectivity index (χ2n) is 8.52. The second-order valence-corrected chi connectivity index (χ2v) is 10.4. The minimum atomic E-state index is -3.59. The highest BCUT2D eigenvalue weighted by Gasteiger charge is 2.32. The number of sulfonamides is 1. The van der Waals surface area contributed by atoms with Crippen LogP contribution in [0.2, 0.25) is 0 Å². The number of carbonyl (C=O) groups is 1. The first-order valence-corrected chi connectivity index (χ1v) is 12.2. The summed E-state index contributed by atoms with van der Waals surface area (Å²) >= 11 is 0. The van der Waals surface area contributed by atoms with Gasteiger partial charge in [0, 0.05) is 26.2 Å². The van der Waals surface area contributed by atoms with E-state index in [-0.39, 0.29) is 12.5 Å². The van der Waals surface area contributed by atoms with E-state index in [1.165, 1.54) is 0 Å². The molecule has 7 nitrogen and oxygen atoms in total. The van der Waals surface area contributed by atoms with Crippen molar-refractivity contribution in [3.05, 3.63) is 52.1 Å². The third kappa shape index (κ3) is 4.98. The molecule has 174 valence electrons. The maximum atomic E-state index is 13.4. The summed E-state index contributed by atoms with van der Waals surface area (Å²) in [7, 11) is -2.02. The Labute approximate surface area is 191 Å². The van der Waals surface area contributed by atoms with Gasteiger partial charge < -0.3 is 10.1 Å². The predicted molar refractivity (Wildman–Crippen MR) is 127 cm³/mol. The van der Waals surface area contributed by atoms with E-state index >= 15 is 0 Å². The molecule has 0 unspecified atom stereocenters. The van der Waals surface area contributed by atoms with Gasteiger partial charge in [0.2, 0.25) is 15.9 Å². The maximum absolute atomic E-state index is 13.4. The normalized spacial score (nSPS) is 15.6. The van der Waals surface area contributed by atoms with Gasteiger partial charge in [0.05, 0.1) is 24.2 Å².